The van der Waals surface area contributed by atoms with Gasteiger partial charge in [-0.25, -0.2) is 4.79 Å². The third-order valence-corrected chi connectivity index (χ3v) is 11.5. The average Bonchev–Trinajstić information content (AvgIpc) is 3.37. The largest absolute Gasteiger partial charge is 0.467 e. The zero-order valence-corrected chi connectivity index (χ0v) is 27.1. The standard InChI is InChI=1S/C35H48ClN3O2S/c1-34(2,38-30-20-18-29(36)19-21-30)28-16-14-26(15-17-28)22-32-35(33(40)41-3,24-42-23-27-10-6-4-7-11-27)37-25-39(32)31-12-8-5-9-13-31/h4,6-7,10-11,18-21,25-26,28,31-32,38H,5,8-9,12-17,22-24H2,1-3H3. The van der Waals surface area contributed by atoms with Crippen LogP contribution < -0.4 is 5.32 Å². The van der Waals surface area contributed by atoms with Gasteiger partial charge in [0.15, 0.2) is 5.54 Å². The number of hydrogen-bond acceptors (Lipinski definition) is 6. The van der Waals surface area contributed by atoms with E-state index in [2.05, 4.69) is 60.5 Å². The van der Waals surface area contributed by atoms with Gasteiger partial charge in [0.1, 0.15) is 0 Å². The Hall–Kier alpha value is -2.18. The summed E-state index contributed by atoms with van der Waals surface area (Å²) in [6.45, 7) is 4.66. The molecular formula is C35H48ClN3O2S. The second kappa shape index (κ2) is 14.1. The number of hydrogen-bond donors (Lipinski definition) is 1. The summed E-state index contributed by atoms with van der Waals surface area (Å²) >= 11 is 7.92. The Kier molecular flexibility index (Phi) is 10.5. The van der Waals surface area contributed by atoms with Gasteiger partial charge in [0, 0.05) is 33.8 Å². The normalized spacial score (nSPS) is 26.8. The fraction of sp³-hybridized carbons (Fsp3) is 0.600. The minimum absolute atomic E-state index is 0.00669. The van der Waals surface area contributed by atoms with Crippen LogP contribution in [0.1, 0.15) is 83.6 Å². The highest BCUT2D eigenvalue weighted by atomic mass is 35.5. The van der Waals surface area contributed by atoms with Crippen molar-refractivity contribution >= 4 is 41.4 Å². The first-order valence-corrected chi connectivity index (χ1v) is 17.4. The number of nitrogens with one attached hydrogen (secondary N) is 1. The number of esters is 1. The molecule has 0 amide bonds. The van der Waals surface area contributed by atoms with Crippen LogP contribution in [0.5, 0.6) is 0 Å². The van der Waals surface area contributed by atoms with E-state index < -0.39 is 5.54 Å². The van der Waals surface area contributed by atoms with Gasteiger partial charge in [-0.2, -0.15) is 11.8 Å². The molecule has 2 aliphatic carbocycles. The molecule has 0 bridgehead atoms. The smallest absolute Gasteiger partial charge is 0.336 e. The van der Waals surface area contributed by atoms with Crippen LogP contribution in [0.2, 0.25) is 5.02 Å². The maximum Gasteiger partial charge on any atom is 0.336 e. The summed E-state index contributed by atoms with van der Waals surface area (Å²) in [5, 5.41) is 4.54. The maximum atomic E-state index is 13.6. The third kappa shape index (κ3) is 7.30. The fourth-order valence-corrected chi connectivity index (χ4v) is 8.88. The molecule has 1 N–H and O–H groups in total. The molecule has 0 radical (unpaired) electrons. The minimum atomic E-state index is -0.849. The van der Waals surface area contributed by atoms with Gasteiger partial charge in [0.05, 0.1) is 19.5 Å². The number of benzene rings is 2. The molecule has 0 spiro atoms. The molecule has 2 unspecified atom stereocenters. The summed E-state index contributed by atoms with van der Waals surface area (Å²) in [6, 6.07) is 19.1. The van der Waals surface area contributed by atoms with Crippen LogP contribution in [0.15, 0.2) is 59.6 Å². The van der Waals surface area contributed by atoms with Gasteiger partial charge in [-0.1, -0.05) is 74.0 Å². The van der Waals surface area contributed by atoms with Crippen molar-refractivity contribution in [1.29, 1.82) is 0 Å². The molecule has 7 heteroatoms. The monoisotopic (exact) mass is 609 g/mol. The van der Waals surface area contributed by atoms with Gasteiger partial charge < -0.3 is 15.0 Å². The molecule has 0 saturated heterocycles. The van der Waals surface area contributed by atoms with Crippen molar-refractivity contribution in [1.82, 2.24) is 4.90 Å². The Labute approximate surface area is 262 Å². The highest BCUT2D eigenvalue weighted by Gasteiger charge is 2.54. The molecule has 0 aromatic heterocycles. The molecule has 3 aliphatic rings. The Morgan fingerprint density at radius 1 is 1.02 bits per heavy atom. The van der Waals surface area contributed by atoms with Gasteiger partial charge in [-0.3, -0.25) is 4.99 Å². The van der Waals surface area contributed by atoms with Crippen molar-refractivity contribution in [3.05, 3.63) is 65.2 Å². The van der Waals surface area contributed by atoms with Gasteiger partial charge in [0.25, 0.3) is 0 Å². The SMILES string of the molecule is COC(=O)C1(CSCc2ccccc2)N=CN(C2CCCCC2)C1CC1CCC(C(C)(C)Nc2ccc(Cl)cc2)CC1. The highest BCUT2D eigenvalue weighted by molar-refractivity contribution is 7.98. The van der Waals surface area contributed by atoms with Crippen molar-refractivity contribution in [2.45, 2.75) is 107 Å². The van der Waals surface area contributed by atoms with Crippen molar-refractivity contribution in [3.63, 3.8) is 0 Å². The van der Waals surface area contributed by atoms with E-state index in [1.807, 2.05) is 36.3 Å². The second-order valence-electron chi connectivity index (χ2n) is 13.2. The average molecular weight is 610 g/mol. The minimum Gasteiger partial charge on any atom is -0.467 e. The molecule has 1 heterocycles. The quantitative estimate of drug-likeness (QED) is 0.258. The van der Waals surface area contributed by atoms with E-state index in [1.165, 1.54) is 70.5 Å². The number of nitrogens with zero attached hydrogens (tertiary/aromatic N) is 2. The molecule has 42 heavy (non-hydrogen) atoms. The lowest BCUT2D eigenvalue weighted by atomic mass is 9.70. The molecule has 2 fully saturated rings. The Morgan fingerprint density at radius 2 is 1.71 bits per heavy atom. The molecule has 228 valence electrons. The lowest BCUT2D eigenvalue weighted by molar-refractivity contribution is -0.148. The van der Waals surface area contributed by atoms with Crippen LogP contribution in [-0.4, -0.2) is 53.2 Å². The zero-order chi connectivity index (χ0) is 29.6. The van der Waals surface area contributed by atoms with Crippen LogP contribution in [0.4, 0.5) is 5.69 Å². The lowest BCUT2D eigenvalue weighted by Gasteiger charge is -2.44. The summed E-state index contributed by atoms with van der Waals surface area (Å²) in [4.78, 5) is 21.2. The van der Waals surface area contributed by atoms with Crippen LogP contribution in [0.25, 0.3) is 0 Å². The molecule has 1 aliphatic heterocycles. The predicted octanol–water partition coefficient (Wildman–Crippen LogP) is 8.62. The molecular weight excluding hydrogens is 562 g/mol. The second-order valence-corrected chi connectivity index (χ2v) is 14.6. The van der Waals surface area contributed by atoms with Crippen LogP contribution in [0.3, 0.4) is 0 Å². The number of ether oxygens (including phenoxy) is 1. The third-order valence-electron chi connectivity index (χ3n) is 10.0. The first-order chi connectivity index (χ1) is 20.3. The summed E-state index contributed by atoms with van der Waals surface area (Å²) in [5.41, 5.74) is 1.54. The summed E-state index contributed by atoms with van der Waals surface area (Å²) < 4.78 is 5.51. The predicted molar refractivity (Wildman–Crippen MR) is 178 cm³/mol. The van der Waals surface area contributed by atoms with E-state index in [4.69, 9.17) is 21.3 Å². The zero-order valence-electron chi connectivity index (χ0n) is 25.6. The number of anilines is 1. The molecule has 5 rings (SSSR count). The number of thioether (sulfide) groups is 1. The van der Waals surface area contributed by atoms with Gasteiger partial charge in [-0.05, 0) is 87.6 Å². The van der Waals surface area contributed by atoms with Crippen molar-refractivity contribution < 1.29 is 9.53 Å². The molecule has 5 nitrogen and oxygen atoms in total. The number of carbonyl (C=O) groups is 1. The fourth-order valence-electron chi connectivity index (χ4n) is 7.53. The molecule has 2 atom stereocenters. The van der Waals surface area contributed by atoms with Gasteiger partial charge >= 0.3 is 5.97 Å². The Bertz CT molecular complexity index is 1180. The van der Waals surface area contributed by atoms with E-state index in [0.29, 0.717) is 23.6 Å². The van der Waals surface area contributed by atoms with Crippen molar-refractivity contribution in [3.8, 4) is 0 Å². The summed E-state index contributed by atoms with van der Waals surface area (Å²) in [6.07, 6.45) is 14.0. The van der Waals surface area contributed by atoms with E-state index in [1.54, 1.807) is 0 Å². The van der Waals surface area contributed by atoms with Crippen LogP contribution in [0, 0.1) is 11.8 Å². The highest BCUT2D eigenvalue weighted by Crippen LogP contribution is 2.44. The van der Waals surface area contributed by atoms with Crippen molar-refractivity contribution in [2.24, 2.45) is 16.8 Å². The number of aliphatic imine (C=N–C) groups is 1. The topological polar surface area (TPSA) is 53.9 Å². The summed E-state index contributed by atoms with van der Waals surface area (Å²) in [7, 11) is 1.53. The molecule has 2 saturated carbocycles. The van der Waals surface area contributed by atoms with Crippen molar-refractivity contribution in [2.75, 3.05) is 18.2 Å². The first-order valence-electron chi connectivity index (χ1n) is 15.9. The number of carbonyl (C=O) groups excluding carboxylic acids is 1. The molecule has 2 aromatic carbocycles. The van der Waals surface area contributed by atoms with Crippen LogP contribution >= 0.6 is 23.4 Å². The molecule has 2 aromatic rings. The van der Waals surface area contributed by atoms with Gasteiger partial charge in [0.2, 0.25) is 0 Å². The van der Waals surface area contributed by atoms with E-state index >= 15 is 0 Å². The van der Waals surface area contributed by atoms with E-state index in [9.17, 15) is 4.79 Å². The summed E-state index contributed by atoms with van der Waals surface area (Å²) in [5.74, 6) is 2.50. The first kappa shape index (κ1) is 31.3. The maximum absolute atomic E-state index is 13.6. The van der Waals surface area contributed by atoms with E-state index in [0.717, 1.165) is 22.9 Å². The number of methoxy groups -OCH3 is 1. The number of halogens is 1. The van der Waals surface area contributed by atoms with E-state index in [-0.39, 0.29) is 17.6 Å². The Balaban J connectivity index is 1.28. The van der Waals surface area contributed by atoms with Crippen LogP contribution in [-0.2, 0) is 15.3 Å². The lowest BCUT2D eigenvalue weighted by Crippen LogP contribution is -2.56. The van der Waals surface area contributed by atoms with Gasteiger partial charge in [-0.15, -0.1) is 0 Å². The number of rotatable bonds is 11. The Morgan fingerprint density at radius 3 is 2.38 bits per heavy atom.